The summed E-state index contributed by atoms with van der Waals surface area (Å²) in [6.45, 7) is 1.93. The van der Waals surface area contributed by atoms with Crippen molar-refractivity contribution >= 4 is 16.7 Å². The van der Waals surface area contributed by atoms with E-state index in [0.717, 1.165) is 47.4 Å². The van der Waals surface area contributed by atoms with Crippen molar-refractivity contribution in [2.45, 2.75) is 12.5 Å². The van der Waals surface area contributed by atoms with Crippen LogP contribution in [0.15, 0.2) is 60.9 Å². The molecule has 3 heterocycles. The molecule has 0 unspecified atom stereocenters. The van der Waals surface area contributed by atoms with Gasteiger partial charge in [0.25, 0.3) is 0 Å². The number of hydrogen-bond donors (Lipinski definition) is 3. The molecule has 29 heavy (non-hydrogen) atoms. The van der Waals surface area contributed by atoms with Gasteiger partial charge < -0.3 is 20.3 Å². The van der Waals surface area contributed by atoms with Crippen molar-refractivity contribution in [3.63, 3.8) is 0 Å². The Bertz CT molecular complexity index is 1180. The molecule has 4 aromatic rings. The van der Waals surface area contributed by atoms with Crippen LogP contribution in [0.5, 0.6) is 5.75 Å². The Morgan fingerprint density at radius 1 is 1.10 bits per heavy atom. The van der Waals surface area contributed by atoms with Crippen LogP contribution < -0.4 is 10.6 Å². The monoisotopic (exact) mass is 385 g/mol. The third kappa shape index (κ3) is 3.43. The number of phenolic OH excluding ortho intramolecular Hbond substituents is 1. The standard InChI is InChI=1S/C23H23N5O/c1-28-11-9-16(14-28)15-6-7-21(29)19(12-15)23-26-20-5-3-2-4-18(20)22(27-23)25-17-8-10-24-13-17/h2-7,9,11-12,14,17,24,29H,8,10,13H2,1H3,(H,25,26,27)/t17-/m0/s1. The Hall–Kier alpha value is -3.38. The molecular weight excluding hydrogens is 362 g/mol. The van der Waals surface area contributed by atoms with Gasteiger partial charge >= 0.3 is 0 Å². The first-order valence-corrected chi connectivity index (χ1v) is 9.87. The molecule has 0 saturated carbocycles. The van der Waals surface area contributed by atoms with Gasteiger partial charge in [-0.25, -0.2) is 9.97 Å². The van der Waals surface area contributed by atoms with Gasteiger partial charge in [-0.1, -0.05) is 18.2 Å². The van der Waals surface area contributed by atoms with Crippen LogP contribution >= 0.6 is 0 Å². The molecule has 5 rings (SSSR count). The topological polar surface area (TPSA) is 75.0 Å². The van der Waals surface area contributed by atoms with Crippen molar-refractivity contribution in [1.29, 1.82) is 0 Å². The molecule has 0 amide bonds. The largest absolute Gasteiger partial charge is 0.507 e. The third-order valence-corrected chi connectivity index (χ3v) is 5.41. The number of aromatic hydroxyl groups is 1. The molecule has 3 N–H and O–H groups in total. The van der Waals surface area contributed by atoms with E-state index < -0.39 is 0 Å². The van der Waals surface area contributed by atoms with E-state index in [4.69, 9.17) is 9.97 Å². The van der Waals surface area contributed by atoms with Crippen LogP contribution in [0.4, 0.5) is 5.82 Å². The first-order chi connectivity index (χ1) is 14.2. The second-order valence-corrected chi connectivity index (χ2v) is 7.54. The second kappa shape index (κ2) is 7.22. The van der Waals surface area contributed by atoms with Crippen molar-refractivity contribution in [3.05, 3.63) is 60.9 Å². The lowest BCUT2D eigenvalue weighted by molar-refractivity contribution is 0.477. The maximum atomic E-state index is 10.6. The number of aryl methyl sites for hydroxylation is 1. The van der Waals surface area contributed by atoms with Gasteiger partial charge in [-0.15, -0.1) is 0 Å². The molecule has 1 aliphatic rings. The number of hydrogen-bond acceptors (Lipinski definition) is 5. The predicted octanol–water partition coefficient (Wildman–Crippen LogP) is 3.78. The summed E-state index contributed by atoms with van der Waals surface area (Å²) >= 11 is 0. The van der Waals surface area contributed by atoms with Crippen LogP contribution in [0.1, 0.15) is 6.42 Å². The molecule has 0 spiro atoms. The van der Waals surface area contributed by atoms with Crippen molar-refractivity contribution in [2.24, 2.45) is 7.05 Å². The molecule has 1 aliphatic heterocycles. The smallest absolute Gasteiger partial charge is 0.165 e. The summed E-state index contributed by atoms with van der Waals surface area (Å²) in [4.78, 5) is 9.57. The number of aromatic nitrogens is 3. The fourth-order valence-electron chi connectivity index (χ4n) is 3.85. The molecule has 1 saturated heterocycles. The zero-order valence-electron chi connectivity index (χ0n) is 16.3. The fraction of sp³-hybridized carbons (Fsp3) is 0.217. The highest BCUT2D eigenvalue weighted by atomic mass is 16.3. The zero-order chi connectivity index (χ0) is 19.8. The summed E-state index contributed by atoms with van der Waals surface area (Å²) in [6.07, 6.45) is 5.12. The van der Waals surface area contributed by atoms with E-state index in [-0.39, 0.29) is 5.75 Å². The van der Waals surface area contributed by atoms with Gasteiger partial charge in [0.15, 0.2) is 5.82 Å². The van der Waals surface area contributed by atoms with Gasteiger partial charge in [-0.3, -0.25) is 0 Å². The number of fused-ring (bicyclic) bond motifs is 1. The number of anilines is 1. The molecule has 2 aromatic carbocycles. The molecular formula is C23H23N5O. The molecule has 146 valence electrons. The van der Waals surface area contributed by atoms with Gasteiger partial charge in [0, 0.05) is 37.4 Å². The highest BCUT2D eigenvalue weighted by Gasteiger charge is 2.18. The maximum Gasteiger partial charge on any atom is 0.165 e. The van der Waals surface area contributed by atoms with Crippen molar-refractivity contribution in [3.8, 4) is 28.3 Å². The van der Waals surface area contributed by atoms with E-state index in [1.165, 1.54) is 0 Å². The Morgan fingerprint density at radius 2 is 2.00 bits per heavy atom. The molecule has 6 nitrogen and oxygen atoms in total. The second-order valence-electron chi connectivity index (χ2n) is 7.54. The Kier molecular flexibility index (Phi) is 4.41. The maximum absolute atomic E-state index is 10.6. The van der Waals surface area contributed by atoms with E-state index in [9.17, 15) is 5.11 Å². The lowest BCUT2D eigenvalue weighted by Gasteiger charge is -2.16. The summed E-state index contributed by atoms with van der Waals surface area (Å²) in [7, 11) is 1.99. The average Bonchev–Trinajstić information content (AvgIpc) is 3.40. The van der Waals surface area contributed by atoms with Gasteiger partial charge in [-0.2, -0.15) is 0 Å². The Balaban J connectivity index is 1.63. The van der Waals surface area contributed by atoms with Crippen LogP contribution in [-0.4, -0.2) is 38.8 Å². The number of para-hydroxylation sites is 1. The molecule has 2 aromatic heterocycles. The number of benzene rings is 2. The van der Waals surface area contributed by atoms with E-state index in [1.54, 1.807) is 6.07 Å². The van der Waals surface area contributed by atoms with Gasteiger partial charge in [0.2, 0.25) is 0 Å². The lowest BCUT2D eigenvalue weighted by atomic mass is 10.0. The van der Waals surface area contributed by atoms with Gasteiger partial charge in [0.05, 0.1) is 11.1 Å². The Morgan fingerprint density at radius 3 is 2.79 bits per heavy atom. The molecule has 0 aliphatic carbocycles. The van der Waals surface area contributed by atoms with E-state index in [0.29, 0.717) is 17.4 Å². The predicted molar refractivity (Wildman–Crippen MR) is 116 cm³/mol. The van der Waals surface area contributed by atoms with Crippen LogP contribution in [0.2, 0.25) is 0 Å². The quantitative estimate of drug-likeness (QED) is 0.498. The summed E-state index contributed by atoms with van der Waals surface area (Å²) in [5.41, 5.74) is 3.59. The summed E-state index contributed by atoms with van der Waals surface area (Å²) in [5.74, 6) is 1.50. The van der Waals surface area contributed by atoms with E-state index >= 15 is 0 Å². The lowest BCUT2D eigenvalue weighted by Crippen LogP contribution is -2.23. The minimum atomic E-state index is 0.174. The van der Waals surface area contributed by atoms with Gasteiger partial charge in [0.1, 0.15) is 11.6 Å². The highest BCUT2D eigenvalue weighted by Crippen LogP contribution is 2.34. The molecule has 0 bridgehead atoms. The summed E-state index contributed by atoms with van der Waals surface area (Å²) in [6, 6.07) is 16.0. The summed E-state index contributed by atoms with van der Waals surface area (Å²) < 4.78 is 2.01. The molecule has 1 atom stereocenters. The zero-order valence-corrected chi connectivity index (χ0v) is 16.3. The number of nitrogens with zero attached hydrogens (tertiary/aromatic N) is 3. The molecule has 0 radical (unpaired) electrons. The van der Waals surface area contributed by atoms with Gasteiger partial charge in [-0.05, 0) is 54.4 Å². The number of rotatable bonds is 4. The van der Waals surface area contributed by atoms with E-state index in [1.807, 2.05) is 54.2 Å². The van der Waals surface area contributed by atoms with Crippen molar-refractivity contribution in [2.75, 3.05) is 18.4 Å². The highest BCUT2D eigenvalue weighted by molar-refractivity contribution is 5.91. The minimum absolute atomic E-state index is 0.174. The Labute approximate surface area is 169 Å². The van der Waals surface area contributed by atoms with Crippen molar-refractivity contribution < 1.29 is 5.11 Å². The average molecular weight is 385 g/mol. The number of phenols is 1. The summed E-state index contributed by atoms with van der Waals surface area (Å²) in [5, 5.41) is 18.5. The van der Waals surface area contributed by atoms with Crippen LogP contribution in [0, 0.1) is 0 Å². The van der Waals surface area contributed by atoms with E-state index in [2.05, 4.69) is 22.9 Å². The fourth-order valence-corrected chi connectivity index (χ4v) is 3.85. The molecule has 1 fully saturated rings. The van der Waals surface area contributed by atoms with Crippen LogP contribution in [0.3, 0.4) is 0 Å². The first kappa shape index (κ1) is 17.7. The normalized spacial score (nSPS) is 16.4. The number of nitrogens with one attached hydrogen (secondary N) is 2. The third-order valence-electron chi connectivity index (χ3n) is 5.41. The van der Waals surface area contributed by atoms with Crippen LogP contribution in [0.25, 0.3) is 33.4 Å². The molecule has 6 heteroatoms. The van der Waals surface area contributed by atoms with Crippen LogP contribution in [-0.2, 0) is 7.05 Å². The minimum Gasteiger partial charge on any atom is -0.507 e. The SMILES string of the molecule is Cn1ccc(-c2ccc(O)c(-c3nc(N[C@H]4CCNC4)c4ccccc4n3)c2)c1. The first-order valence-electron chi connectivity index (χ1n) is 9.87. The van der Waals surface area contributed by atoms with Crippen molar-refractivity contribution in [1.82, 2.24) is 19.9 Å².